The van der Waals surface area contributed by atoms with Crippen LogP contribution < -0.4 is 5.32 Å². The van der Waals surface area contributed by atoms with E-state index in [1.165, 1.54) is 0 Å². The van der Waals surface area contributed by atoms with Crippen LogP contribution in [0.2, 0.25) is 0 Å². The predicted molar refractivity (Wildman–Crippen MR) is 91.0 cm³/mol. The standard InChI is InChI=1S/C17H33NO6/c1-14(2)16(19)13-24-12-11-23-10-9-22-8-7-21-6-5-18-17(20)15(3)4/h14-15H,5-13H2,1-4H3,(H,18,20). The first-order chi connectivity index (χ1) is 11.4. The number of carbonyl (C=O) groups is 2. The van der Waals surface area contributed by atoms with Crippen LogP contribution in [-0.2, 0) is 28.5 Å². The normalized spacial score (nSPS) is 11.2. The van der Waals surface area contributed by atoms with Crippen LogP contribution in [0.5, 0.6) is 0 Å². The van der Waals surface area contributed by atoms with Crippen molar-refractivity contribution < 1.29 is 28.5 Å². The minimum atomic E-state index is -0.00516. The first-order valence-electron chi connectivity index (χ1n) is 8.56. The highest BCUT2D eigenvalue weighted by atomic mass is 16.6. The maximum atomic E-state index is 11.3. The van der Waals surface area contributed by atoms with Gasteiger partial charge in [0.2, 0.25) is 5.91 Å². The highest BCUT2D eigenvalue weighted by molar-refractivity contribution is 5.81. The van der Waals surface area contributed by atoms with Gasteiger partial charge in [-0.25, -0.2) is 0 Å². The second kappa shape index (κ2) is 15.5. The maximum absolute atomic E-state index is 11.3. The topological polar surface area (TPSA) is 83.1 Å². The van der Waals surface area contributed by atoms with Crippen molar-refractivity contribution in [3.05, 3.63) is 0 Å². The third-order valence-corrected chi connectivity index (χ3v) is 3.07. The van der Waals surface area contributed by atoms with Gasteiger partial charge in [-0.1, -0.05) is 27.7 Å². The Kier molecular flexibility index (Phi) is 14.8. The molecule has 142 valence electrons. The van der Waals surface area contributed by atoms with Crippen LogP contribution in [0.3, 0.4) is 0 Å². The van der Waals surface area contributed by atoms with Gasteiger partial charge in [-0.15, -0.1) is 0 Å². The number of rotatable bonds is 16. The van der Waals surface area contributed by atoms with E-state index in [0.717, 1.165) is 0 Å². The molecule has 0 radical (unpaired) electrons. The van der Waals surface area contributed by atoms with Gasteiger partial charge in [-0.05, 0) is 0 Å². The van der Waals surface area contributed by atoms with Crippen molar-refractivity contribution in [2.24, 2.45) is 11.8 Å². The summed E-state index contributed by atoms with van der Waals surface area (Å²) in [6.07, 6.45) is 0. The molecule has 0 aromatic carbocycles. The number of hydrogen-bond acceptors (Lipinski definition) is 6. The Balaban J connectivity index is 3.15. The summed E-state index contributed by atoms with van der Waals surface area (Å²) in [5.41, 5.74) is 0. The molecule has 0 fully saturated rings. The number of nitrogens with one attached hydrogen (secondary N) is 1. The van der Waals surface area contributed by atoms with E-state index >= 15 is 0 Å². The minimum Gasteiger partial charge on any atom is -0.377 e. The summed E-state index contributed by atoms with van der Waals surface area (Å²) in [5, 5.41) is 2.77. The van der Waals surface area contributed by atoms with Crippen molar-refractivity contribution >= 4 is 11.7 Å². The molecule has 7 nitrogen and oxygen atoms in total. The number of ether oxygens (including phenoxy) is 4. The van der Waals surface area contributed by atoms with Gasteiger partial charge >= 0.3 is 0 Å². The van der Waals surface area contributed by atoms with Crippen LogP contribution in [-0.4, -0.2) is 71.1 Å². The Morgan fingerprint density at radius 2 is 1.17 bits per heavy atom. The lowest BCUT2D eigenvalue weighted by Gasteiger charge is -2.09. The molecule has 0 unspecified atom stereocenters. The molecule has 0 spiro atoms. The molecular formula is C17H33NO6. The van der Waals surface area contributed by atoms with Crippen molar-refractivity contribution in [2.75, 3.05) is 59.4 Å². The molecule has 0 aliphatic heterocycles. The first-order valence-corrected chi connectivity index (χ1v) is 8.56. The third-order valence-electron chi connectivity index (χ3n) is 3.07. The van der Waals surface area contributed by atoms with Gasteiger partial charge in [0.15, 0.2) is 5.78 Å². The zero-order valence-corrected chi connectivity index (χ0v) is 15.5. The van der Waals surface area contributed by atoms with Gasteiger partial charge in [0, 0.05) is 18.4 Å². The van der Waals surface area contributed by atoms with Gasteiger partial charge in [-0.3, -0.25) is 9.59 Å². The van der Waals surface area contributed by atoms with Crippen LogP contribution in [0.1, 0.15) is 27.7 Å². The predicted octanol–water partition coefficient (Wildman–Crippen LogP) is 1.05. The molecule has 1 N–H and O–H groups in total. The molecule has 0 aliphatic rings. The SMILES string of the molecule is CC(C)C(=O)COCCOCCOCCOCCNC(=O)C(C)C. The summed E-state index contributed by atoms with van der Waals surface area (Å²) in [5.74, 6) is 0.133. The molecule has 0 aromatic heterocycles. The van der Waals surface area contributed by atoms with E-state index in [-0.39, 0.29) is 30.1 Å². The zero-order chi connectivity index (χ0) is 18.2. The van der Waals surface area contributed by atoms with E-state index in [4.69, 9.17) is 18.9 Å². The summed E-state index contributed by atoms with van der Waals surface area (Å²) in [6.45, 7) is 11.3. The number of hydrogen-bond donors (Lipinski definition) is 1. The smallest absolute Gasteiger partial charge is 0.222 e. The molecule has 0 atom stereocenters. The molecule has 0 bridgehead atoms. The van der Waals surface area contributed by atoms with E-state index in [9.17, 15) is 9.59 Å². The number of ketones is 1. The van der Waals surface area contributed by atoms with Crippen LogP contribution in [0.15, 0.2) is 0 Å². The second-order valence-corrected chi connectivity index (χ2v) is 5.96. The fourth-order valence-electron chi connectivity index (χ4n) is 1.45. The Morgan fingerprint density at radius 3 is 1.62 bits per heavy atom. The van der Waals surface area contributed by atoms with Crippen molar-refractivity contribution in [3.63, 3.8) is 0 Å². The molecular weight excluding hydrogens is 314 g/mol. The summed E-state index contributed by atoms with van der Waals surface area (Å²) in [4.78, 5) is 22.6. The average molecular weight is 347 g/mol. The number of amides is 1. The van der Waals surface area contributed by atoms with E-state index in [1.54, 1.807) is 0 Å². The van der Waals surface area contributed by atoms with E-state index < -0.39 is 0 Å². The highest BCUT2D eigenvalue weighted by Crippen LogP contribution is 1.94. The first kappa shape index (κ1) is 23.0. The summed E-state index contributed by atoms with van der Waals surface area (Å²) >= 11 is 0. The second-order valence-electron chi connectivity index (χ2n) is 5.96. The van der Waals surface area contributed by atoms with E-state index in [2.05, 4.69) is 5.32 Å². The monoisotopic (exact) mass is 347 g/mol. The molecule has 0 aliphatic carbocycles. The van der Waals surface area contributed by atoms with Crippen molar-refractivity contribution in [1.82, 2.24) is 5.32 Å². The summed E-state index contributed by atoms with van der Waals surface area (Å²) in [6, 6.07) is 0. The van der Waals surface area contributed by atoms with E-state index in [0.29, 0.717) is 52.8 Å². The van der Waals surface area contributed by atoms with Crippen LogP contribution in [0.4, 0.5) is 0 Å². The molecule has 1 amide bonds. The van der Waals surface area contributed by atoms with Gasteiger partial charge in [0.1, 0.15) is 6.61 Å². The lowest BCUT2D eigenvalue weighted by atomic mass is 10.1. The molecule has 0 heterocycles. The van der Waals surface area contributed by atoms with Crippen molar-refractivity contribution in [2.45, 2.75) is 27.7 Å². The van der Waals surface area contributed by atoms with Gasteiger partial charge in [0.05, 0.1) is 46.2 Å². The molecule has 24 heavy (non-hydrogen) atoms. The van der Waals surface area contributed by atoms with Gasteiger partial charge in [-0.2, -0.15) is 0 Å². The number of carbonyl (C=O) groups excluding carboxylic acids is 2. The fraction of sp³-hybridized carbons (Fsp3) is 0.882. The fourth-order valence-corrected chi connectivity index (χ4v) is 1.45. The number of Topliss-reactive ketones (excluding diaryl/α,β-unsaturated/α-hetero) is 1. The summed E-state index contributed by atoms with van der Waals surface area (Å²) < 4.78 is 21.2. The molecule has 7 heteroatoms. The third kappa shape index (κ3) is 14.6. The lowest BCUT2D eigenvalue weighted by Crippen LogP contribution is -2.31. The lowest BCUT2D eigenvalue weighted by molar-refractivity contribution is -0.127. The largest absolute Gasteiger partial charge is 0.377 e. The van der Waals surface area contributed by atoms with Crippen molar-refractivity contribution in [3.8, 4) is 0 Å². The molecule has 0 saturated carbocycles. The minimum absolute atomic E-state index is 0.00516. The summed E-state index contributed by atoms with van der Waals surface area (Å²) in [7, 11) is 0. The molecule has 0 rings (SSSR count). The Morgan fingerprint density at radius 1 is 0.708 bits per heavy atom. The molecule has 0 aromatic rings. The van der Waals surface area contributed by atoms with Crippen LogP contribution >= 0.6 is 0 Å². The Bertz CT molecular complexity index is 301. The van der Waals surface area contributed by atoms with E-state index in [1.807, 2.05) is 27.7 Å². The average Bonchev–Trinajstić information content (AvgIpc) is 2.54. The molecule has 0 saturated heterocycles. The van der Waals surface area contributed by atoms with Crippen LogP contribution in [0.25, 0.3) is 0 Å². The Hall–Kier alpha value is -1.02. The van der Waals surface area contributed by atoms with Gasteiger partial charge in [0.25, 0.3) is 0 Å². The quantitative estimate of drug-likeness (QED) is 0.420. The van der Waals surface area contributed by atoms with Crippen LogP contribution in [0, 0.1) is 11.8 Å². The maximum Gasteiger partial charge on any atom is 0.222 e. The zero-order valence-electron chi connectivity index (χ0n) is 15.5. The highest BCUT2D eigenvalue weighted by Gasteiger charge is 2.06. The Labute approximate surface area is 145 Å². The van der Waals surface area contributed by atoms with Gasteiger partial charge < -0.3 is 24.3 Å². The van der Waals surface area contributed by atoms with Crippen molar-refractivity contribution in [1.29, 1.82) is 0 Å².